The largest absolute Gasteiger partial charge is 0.326 e. The third-order valence-corrected chi connectivity index (χ3v) is 4.05. The number of likely N-dealkylation sites (tertiary alicyclic amines) is 1. The highest BCUT2D eigenvalue weighted by Gasteiger charge is 2.41. The quantitative estimate of drug-likeness (QED) is 0.851. The summed E-state index contributed by atoms with van der Waals surface area (Å²) in [5.74, 6) is -0.157. The van der Waals surface area contributed by atoms with Crippen LogP contribution in [0.5, 0.6) is 0 Å². The molecule has 2 nitrogen and oxygen atoms in total. The molecule has 0 bridgehead atoms. The fraction of sp³-hybridized carbons (Fsp3) is 0.571. The Balaban J connectivity index is 1.94. The van der Waals surface area contributed by atoms with Gasteiger partial charge >= 0.3 is 0 Å². The Hall–Kier alpha value is -0.930. The van der Waals surface area contributed by atoms with Crippen LogP contribution in [-0.2, 0) is 0 Å². The molecule has 1 aromatic carbocycles. The number of halogens is 1. The van der Waals surface area contributed by atoms with E-state index in [2.05, 4.69) is 4.90 Å². The van der Waals surface area contributed by atoms with Gasteiger partial charge in [0, 0.05) is 18.6 Å². The maximum Gasteiger partial charge on any atom is 0.123 e. The second kappa shape index (κ2) is 4.07. The molecule has 1 saturated carbocycles. The molecule has 0 aromatic heterocycles. The van der Waals surface area contributed by atoms with Crippen LogP contribution < -0.4 is 5.73 Å². The summed E-state index contributed by atoms with van der Waals surface area (Å²) in [6.07, 6.45) is 3.64. The lowest BCUT2D eigenvalue weighted by Gasteiger charge is -2.28. The number of hydrogen-bond acceptors (Lipinski definition) is 2. The molecule has 1 aromatic rings. The van der Waals surface area contributed by atoms with Crippen LogP contribution in [0.3, 0.4) is 0 Å². The van der Waals surface area contributed by atoms with Crippen LogP contribution in [0.2, 0.25) is 0 Å². The van der Waals surface area contributed by atoms with E-state index in [1.165, 1.54) is 18.4 Å². The predicted octanol–water partition coefficient (Wildman–Crippen LogP) is 2.37. The van der Waals surface area contributed by atoms with E-state index in [4.69, 9.17) is 5.73 Å². The third kappa shape index (κ3) is 1.98. The summed E-state index contributed by atoms with van der Waals surface area (Å²) >= 11 is 0. The van der Waals surface area contributed by atoms with Crippen molar-refractivity contribution in [3.8, 4) is 0 Å². The van der Waals surface area contributed by atoms with Gasteiger partial charge in [-0.05, 0) is 49.4 Å². The average Bonchev–Trinajstić information content (AvgIpc) is 3.04. The van der Waals surface area contributed by atoms with Gasteiger partial charge in [0.25, 0.3) is 0 Å². The SMILES string of the molecule is Cc1cc(F)ccc1C1C(N)CCN1C1CC1. The Morgan fingerprint density at radius 2 is 2.06 bits per heavy atom. The van der Waals surface area contributed by atoms with Gasteiger partial charge in [-0.25, -0.2) is 4.39 Å². The molecule has 2 N–H and O–H groups in total. The highest BCUT2D eigenvalue weighted by molar-refractivity contribution is 5.32. The molecular weight excluding hydrogens is 215 g/mol. The summed E-state index contributed by atoms with van der Waals surface area (Å²) in [4.78, 5) is 2.52. The van der Waals surface area contributed by atoms with Gasteiger partial charge in [-0.3, -0.25) is 4.90 Å². The zero-order valence-corrected chi connectivity index (χ0v) is 10.2. The van der Waals surface area contributed by atoms with E-state index in [9.17, 15) is 4.39 Å². The smallest absolute Gasteiger partial charge is 0.123 e. The lowest BCUT2D eigenvalue weighted by atomic mass is 9.96. The molecule has 2 aliphatic rings. The summed E-state index contributed by atoms with van der Waals surface area (Å²) < 4.78 is 13.2. The number of nitrogens with zero attached hydrogens (tertiary/aromatic N) is 1. The average molecular weight is 234 g/mol. The van der Waals surface area contributed by atoms with Gasteiger partial charge in [-0.1, -0.05) is 6.07 Å². The van der Waals surface area contributed by atoms with Crippen LogP contribution in [0.1, 0.15) is 36.4 Å². The van der Waals surface area contributed by atoms with Crippen LogP contribution in [-0.4, -0.2) is 23.5 Å². The molecule has 3 heteroatoms. The monoisotopic (exact) mass is 234 g/mol. The number of nitrogens with two attached hydrogens (primary N) is 1. The van der Waals surface area contributed by atoms with Gasteiger partial charge in [0.2, 0.25) is 0 Å². The maximum absolute atomic E-state index is 13.2. The summed E-state index contributed by atoms with van der Waals surface area (Å²) in [7, 11) is 0. The van der Waals surface area contributed by atoms with E-state index in [0.717, 1.165) is 24.6 Å². The molecule has 2 atom stereocenters. The molecule has 1 heterocycles. The van der Waals surface area contributed by atoms with Crippen molar-refractivity contribution < 1.29 is 4.39 Å². The number of benzene rings is 1. The van der Waals surface area contributed by atoms with Gasteiger partial charge < -0.3 is 5.73 Å². The normalized spacial score (nSPS) is 29.8. The lowest BCUT2D eigenvalue weighted by molar-refractivity contribution is 0.236. The Bertz CT molecular complexity index is 428. The minimum absolute atomic E-state index is 0.157. The van der Waals surface area contributed by atoms with Gasteiger partial charge in [-0.15, -0.1) is 0 Å². The lowest BCUT2D eigenvalue weighted by Crippen LogP contribution is -2.33. The van der Waals surface area contributed by atoms with Crippen molar-refractivity contribution in [3.05, 3.63) is 35.1 Å². The molecule has 3 rings (SSSR count). The highest BCUT2D eigenvalue weighted by Crippen LogP contribution is 2.41. The number of aryl methyl sites for hydroxylation is 1. The minimum Gasteiger partial charge on any atom is -0.326 e. The summed E-state index contributed by atoms with van der Waals surface area (Å²) in [6, 6.07) is 6.29. The number of rotatable bonds is 2. The van der Waals surface area contributed by atoms with Gasteiger partial charge in [-0.2, -0.15) is 0 Å². The second-order valence-corrected chi connectivity index (χ2v) is 5.37. The Kier molecular flexibility index (Phi) is 2.68. The van der Waals surface area contributed by atoms with Crippen LogP contribution >= 0.6 is 0 Å². The molecule has 0 amide bonds. The van der Waals surface area contributed by atoms with Crippen molar-refractivity contribution in [2.75, 3.05) is 6.54 Å². The molecule has 1 aliphatic carbocycles. The van der Waals surface area contributed by atoms with Gasteiger partial charge in [0.05, 0.1) is 6.04 Å². The summed E-state index contributed by atoms with van der Waals surface area (Å²) in [5, 5.41) is 0. The molecule has 0 spiro atoms. The first-order valence-corrected chi connectivity index (χ1v) is 6.44. The van der Waals surface area contributed by atoms with E-state index >= 15 is 0 Å². The van der Waals surface area contributed by atoms with E-state index in [1.807, 2.05) is 13.0 Å². The molecule has 0 radical (unpaired) electrons. The van der Waals surface area contributed by atoms with Crippen molar-refractivity contribution in [1.29, 1.82) is 0 Å². The van der Waals surface area contributed by atoms with Crippen molar-refractivity contribution >= 4 is 0 Å². The first kappa shape index (κ1) is 11.2. The minimum atomic E-state index is -0.157. The van der Waals surface area contributed by atoms with Crippen molar-refractivity contribution in [1.82, 2.24) is 4.90 Å². The molecule has 92 valence electrons. The molecule has 1 aliphatic heterocycles. The van der Waals surface area contributed by atoms with Crippen LogP contribution in [0.25, 0.3) is 0 Å². The van der Waals surface area contributed by atoms with Crippen LogP contribution in [0, 0.1) is 12.7 Å². The van der Waals surface area contributed by atoms with E-state index in [0.29, 0.717) is 6.04 Å². The highest BCUT2D eigenvalue weighted by atomic mass is 19.1. The Morgan fingerprint density at radius 3 is 2.71 bits per heavy atom. The Labute approximate surface area is 102 Å². The van der Waals surface area contributed by atoms with Crippen molar-refractivity contribution in [2.24, 2.45) is 5.73 Å². The van der Waals surface area contributed by atoms with Crippen molar-refractivity contribution in [2.45, 2.75) is 44.3 Å². The van der Waals surface area contributed by atoms with E-state index in [-0.39, 0.29) is 11.9 Å². The molecule has 2 fully saturated rings. The van der Waals surface area contributed by atoms with Gasteiger partial charge in [0.1, 0.15) is 5.82 Å². The second-order valence-electron chi connectivity index (χ2n) is 5.37. The van der Waals surface area contributed by atoms with Crippen molar-refractivity contribution in [3.63, 3.8) is 0 Å². The number of hydrogen-bond donors (Lipinski definition) is 1. The summed E-state index contributed by atoms with van der Waals surface area (Å²) in [5.41, 5.74) is 8.48. The van der Waals surface area contributed by atoms with Gasteiger partial charge in [0.15, 0.2) is 0 Å². The zero-order valence-electron chi connectivity index (χ0n) is 10.2. The van der Waals surface area contributed by atoms with E-state index in [1.54, 1.807) is 12.1 Å². The topological polar surface area (TPSA) is 29.3 Å². The molecule has 17 heavy (non-hydrogen) atoms. The molecule has 2 unspecified atom stereocenters. The zero-order chi connectivity index (χ0) is 12.0. The molecule has 1 saturated heterocycles. The first-order valence-electron chi connectivity index (χ1n) is 6.44. The third-order valence-electron chi connectivity index (χ3n) is 4.05. The van der Waals surface area contributed by atoms with Crippen LogP contribution in [0.15, 0.2) is 18.2 Å². The first-order chi connectivity index (χ1) is 8.16. The molecular formula is C14H19FN2. The maximum atomic E-state index is 13.2. The standard InChI is InChI=1S/C14H19FN2/c1-9-8-10(15)2-5-12(9)14-13(16)6-7-17(14)11-3-4-11/h2,5,8,11,13-14H,3-4,6-7,16H2,1H3. The Morgan fingerprint density at radius 1 is 1.29 bits per heavy atom. The fourth-order valence-electron chi connectivity index (χ4n) is 3.04. The van der Waals surface area contributed by atoms with Crippen LogP contribution in [0.4, 0.5) is 4.39 Å². The fourth-order valence-corrected chi connectivity index (χ4v) is 3.04. The predicted molar refractivity (Wildman–Crippen MR) is 66.2 cm³/mol. The van der Waals surface area contributed by atoms with E-state index < -0.39 is 0 Å². The summed E-state index contributed by atoms with van der Waals surface area (Å²) in [6.45, 7) is 3.07.